The molecule has 0 saturated carbocycles. The van der Waals surface area contributed by atoms with E-state index in [1.165, 1.54) is 0 Å². The molecule has 0 radical (unpaired) electrons. The minimum absolute atomic E-state index is 0.432. The van der Waals surface area contributed by atoms with Crippen molar-refractivity contribution in [2.24, 2.45) is 0 Å². The van der Waals surface area contributed by atoms with Gasteiger partial charge in [0.2, 0.25) is 0 Å². The summed E-state index contributed by atoms with van der Waals surface area (Å²) in [5.74, 6) is 2.10. The molecule has 0 aromatic heterocycles. The third kappa shape index (κ3) is 5.79. The van der Waals surface area contributed by atoms with Crippen LogP contribution in [0.4, 0.5) is 0 Å². The number of hydrogen-bond acceptors (Lipinski definition) is 5. The van der Waals surface area contributed by atoms with Crippen LogP contribution >= 0.6 is 0 Å². The third-order valence-electron chi connectivity index (χ3n) is 3.85. The highest BCUT2D eigenvalue weighted by Crippen LogP contribution is 2.28. The van der Waals surface area contributed by atoms with E-state index in [1.54, 1.807) is 14.2 Å². The van der Waals surface area contributed by atoms with E-state index in [-0.39, 0.29) is 0 Å². The number of hydrogen-bond donors (Lipinski definition) is 2. The van der Waals surface area contributed by atoms with Crippen molar-refractivity contribution in [3.05, 3.63) is 65.7 Å². The molecule has 1 atom stereocenters. The van der Waals surface area contributed by atoms with Gasteiger partial charge in [0.05, 0.1) is 20.3 Å². The molecule has 0 bridgehead atoms. The van der Waals surface area contributed by atoms with Gasteiger partial charge in [0.15, 0.2) is 11.5 Å². The highest BCUT2D eigenvalue weighted by atomic mass is 16.5. The highest BCUT2D eigenvalue weighted by Gasteiger charge is 2.09. The molecule has 5 heteroatoms. The molecule has 26 heavy (non-hydrogen) atoms. The van der Waals surface area contributed by atoms with Crippen LogP contribution < -0.4 is 19.5 Å². The smallest absolute Gasteiger partial charge is 0.161 e. The van der Waals surface area contributed by atoms with Crippen LogP contribution in [0.3, 0.4) is 0 Å². The summed E-state index contributed by atoms with van der Waals surface area (Å²) in [5.41, 5.74) is 2.80. The summed E-state index contributed by atoms with van der Waals surface area (Å²) in [6.45, 7) is 7.24. The van der Waals surface area contributed by atoms with E-state index < -0.39 is 6.10 Å². The zero-order valence-electron chi connectivity index (χ0n) is 15.6. The van der Waals surface area contributed by atoms with Crippen molar-refractivity contribution in [3.8, 4) is 17.2 Å². The number of benzene rings is 2. The van der Waals surface area contributed by atoms with E-state index in [1.807, 2.05) is 49.4 Å². The van der Waals surface area contributed by atoms with Gasteiger partial charge in [-0.25, -0.2) is 0 Å². The minimum Gasteiger partial charge on any atom is -0.497 e. The molecule has 0 aliphatic carbocycles. The van der Waals surface area contributed by atoms with E-state index >= 15 is 0 Å². The second-order valence-electron chi connectivity index (χ2n) is 6.15. The van der Waals surface area contributed by atoms with Crippen LogP contribution in [0.1, 0.15) is 24.2 Å². The predicted molar refractivity (Wildman–Crippen MR) is 103 cm³/mol. The summed E-state index contributed by atoms with van der Waals surface area (Å²) in [6.07, 6.45) is -0.609. The van der Waals surface area contributed by atoms with Crippen molar-refractivity contribution in [3.63, 3.8) is 0 Å². The summed E-state index contributed by atoms with van der Waals surface area (Å²) >= 11 is 0. The Morgan fingerprint density at radius 1 is 1.12 bits per heavy atom. The van der Waals surface area contributed by atoms with Gasteiger partial charge in [0.1, 0.15) is 12.4 Å². The fourth-order valence-corrected chi connectivity index (χ4v) is 2.46. The molecule has 2 N–H and O–H groups in total. The molecule has 0 aliphatic heterocycles. The van der Waals surface area contributed by atoms with Crippen LogP contribution in [0.25, 0.3) is 0 Å². The highest BCUT2D eigenvalue weighted by molar-refractivity contribution is 5.43. The van der Waals surface area contributed by atoms with E-state index in [0.717, 1.165) is 22.4 Å². The van der Waals surface area contributed by atoms with Gasteiger partial charge in [-0.2, -0.15) is 0 Å². The monoisotopic (exact) mass is 357 g/mol. The SMILES string of the molecule is C=C(C)COc1cc(CNCC(O)c2cccc(OC)c2)ccc1OC. The first-order valence-corrected chi connectivity index (χ1v) is 8.50. The standard InChI is InChI=1S/C21H27NO4/c1-15(2)14-26-21-10-16(8-9-20(21)25-4)12-22-13-19(23)17-6-5-7-18(11-17)24-3/h5-11,19,22-23H,1,12-14H2,2-4H3. The second-order valence-corrected chi connectivity index (χ2v) is 6.15. The number of methoxy groups -OCH3 is 2. The van der Waals surface area contributed by atoms with Gasteiger partial charge in [0, 0.05) is 13.1 Å². The number of aliphatic hydroxyl groups excluding tert-OH is 1. The van der Waals surface area contributed by atoms with Crippen LogP contribution in [0.15, 0.2) is 54.6 Å². The zero-order valence-corrected chi connectivity index (χ0v) is 15.6. The molecular formula is C21H27NO4. The first kappa shape index (κ1) is 19.8. The summed E-state index contributed by atoms with van der Waals surface area (Å²) in [7, 11) is 3.23. The van der Waals surface area contributed by atoms with Crippen molar-refractivity contribution in [2.75, 3.05) is 27.4 Å². The number of ether oxygens (including phenoxy) is 3. The maximum Gasteiger partial charge on any atom is 0.161 e. The maximum absolute atomic E-state index is 10.3. The van der Waals surface area contributed by atoms with E-state index in [9.17, 15) is 5.11 Å². The van der Waals surface area contributed by atoms with E-state index in [4.69, 9.17) is 14.2 Å². The summed E-state index contributed by atoms with van der Waals surface area (Å²) in [4.78, 5) is 0. The minimum atomic E-state index is -0.609. The van der Waals surface area contributed by atoms with Gasteiger partial charge < -0.3 is 24.6 Å². The van der Waals surface area contributed by atoms with Crippen molar-refractivity contribution in [1.82, 2.24) is 5.32 Å². The summed E-state index contributed by atoms with van der Waals surface area (Å²) in [5, 5.41) is 13.6. The third-order valence-corrected chi connectivity index (χ3v) is 3.85. The van der Waals surface area contributed by atoms with Crippen molar-refractivity contribution in [2.45, 2.75) is 19.6 Å². The molecule has 5 nitrogen and oxygen atoms in total. The Bertz CT molecular complexity index is 730. The molecule has 0 heterocycles. The molecule has 0 amide bonds. The van der Waals surface area contributed by atoms with Crippen LogP contribution in [0, 0.1) is 0 Å². The first-order valence-electron chi connectivity index (χ1n) is 8.50. The van der Waals surface area contributed by atoms with Crippen molar-refractivity contribution >= 4 is 0 Å². The quantitative estimate of drug-likeness (QED) is 0.638. The predicted octanol–water partition coefficient (Wildman–Crippen LogP) is 3.48. The largest absolute Gasteiger partial charge is 0.497 e. The average molecular weight is 357 g/mol. The number of rotatable bonds is 10. The molecule has 1 unspecified atom stereocenters. The van der Waals surface area contributed by atoms with E-state index in [2.05, 4.69) is 11.9 Å². The van der Waals surface area contributed by atoms with Crippen LogP contribution in [-0.4, -0.2) is 32.5 Å². The summed E-state index contributed by atoms with van der Waals surface area (Å²) in [6, 6.07) is 13.2. The van der Waals surface area contributed by atoms with Crippen LogP contribution in [-0.2, 0) is 6.54 Å². The van der Waals surface area contributed by atoms with Gasteiger partial charge in [-0.3, -0.25) is 0 Å². The van der Waals surface area contributed by atoms with Crippen molar-refractivity contribution < 1.29 is 19.3 Å². The molecule has 2 aromatic carbocycles. The molecular weight excluding hydrogens is 330 g/mol. The molecule has 0 aliphatic rings. The second kappa shape index (κ2) is 9.85. The van der Waals surface area contributed by atoms with Crippen molar-refractivity contribution in [1.29, 1.82) is 0 Å². The molecule has 0 fully saturated rings. The first-order chi connectivity index (χ1) is 12.5. The molecule has 0 spiro atoms. The summed E-state index contributed by atoms with van der Waals surface area (Å²) < 4.78 is 16.3. The lowest BCUT2D eigenvalue weighted by molar-refractivity contribution is 0.174. The fraction of sp³-hybridized carbons (Fsp3) is 0.333. The lowest BCUT2D eigenvalue weighted by atomic mass is 10.1. The van der Waals surface area contributed by atoms with Crippen LogP contribution in [0.5, 0.6) is 17.2 Å². The topological polar surface area (TPSA) is 60.0 Å². The lowest BCUT2D eigenvalue weighted by Crippen LogP contribution is -2.21. The molecule has 2 rings (SSSR count). The number of nitrogens with one attached hydrogen (secondary N) is 1. The Kier molecular flexibility index (Phi) is 7.51. The normalized spacial score (nSPS) is 11.7. The van der Waals surface area contributed by atoms with E-state index in [0.29, 0.717) is 31.2 Å². The maximum atomic E-state index is 10.3. The average Bonchev–Trinajstić information content (AvgIpc) is 2.66. The fourth-order valence-electron chi connectivity index (χ4n) is 2.46. The van der Waals surface area contributed by atoms with Gasteiger partial charge in [-0.15, -0.1) is 0 Å². The Hall–Kier alpha value is -2.50. The Balaban J connectivity index is 1.93. The zero-order chi connectivity index (χ0) is 18.9. The molecule has 2 aromatic rings. The number of aliphatic hydroxyl groups is 1. The molecule has 140 valence electrons. The Morgan fingerprint density at radius 3 is 2.62 bits per heavy atom. The Labute approximate surface area is 155 Å². The van der Waals surface area contributed by atoms with Gasteiger partial charge >= 0.3 is 0 Å². The van der Waals surface area contributed by atoms with Gasteiger partial charge in [0.25, 0.3) is 0 Å². The molecule has 0 saturated heterocycles. The van der Waals surface area contributed by atoms with Gasteiger partial charge in [-0.1, -0.05) is 24.8 Å². The Morgan fingerprint density at radius 2 is 1.92 bits per heavy atom. The van der Waals surface area contributed by atoms with Gasteiger partial charge in [-0.05, 0) is 47.9 Å². The lowest BCUT2D eigenvalue weighted by Gasteiger charge is -2.15. The van der Waals surface area contributed by atoms with Crippen LogP contribution in [0.2, 0.25) is 0 Å².